The standard InChI is InChI=1S/C17H23N3O3S/c1-6-17(3,7-2)14-15(19-20-24-14)18-16(21)13-11(22-4)9-8-10-12(13)23-5/h8-10H,6-7H2,1-5H3,(H,18,21). The molecular formula is C17H23N3O3S. The van der Waals surface area contributed by atoms with Crippen LogP contribution >= 0.6 is 11.5 Å². The minimum absolute atomic E-state index is 0.0678. The van der Waals surface area contributed by atoms with Gasteiger partial charge in [-0.1, -0.05) is 31.3 Å². The number of nitrogens with one attached hydrogen (secondary N) is 1. The first kappa shape index (κ1) is 18.2. The van der Waals surface area contributed by atoms with Gasteiger partial charge in [-0.3, -0.25) is 4.79 Å². The summed E-state index contributed by atoms with van der Waals surface area (Å²) in [6, 6.07) is 5.22. The highest BCUT2D eigenvalue weighted by Crippen LogP contribution is 2.38. The molecule has 0 bridgehead atoms. The highest BCUT2D eigenvalue weighted by Gasteiger charge is 2.30. The molecule has 2 rings (SSSR count). The average Bonchev–Trinajstić information content (AvgIpc) is 3.08. The van der Waals surface area contributed by atoms with Gasteiger partial charge in [-0.2, -0.15) is 0 Å². The Balaban J connectivity index is 2.38. The molecule has 0 spiro atoms. The zero-order valence-electron chi connectivity index (χ0n) is 14.7. The quantitative estimate of drug-likeness (QED) is 0.821. The molecule has 0 radical (unpaired) electrons. The molecule has 130 valence electrons. The minimum Gasteiger partial charge on any atom is -0.496 e. The molecule has 7 heteroatoms. The van der Waals surface area contributed by atoms with Crippen LogP contribution in [0.15, 0.2) is 18.2 Å². The number of methoxy groups -OCH3 is 2. The summed E-state index contributed by atoms with van der Waals surface area (Å²) in [7, 11) is 3.04. The third-order valence-electron chi connectivity index (χ3n) is 4.48. The molecule has 24 heavy (non-hydrogen) atoms. The Hall–Kier alpha value is -2.15. The lowest BCUT2D eigenvalue weighted by molar-refractivity contribution is 0.102. The maximum absolute atomic E-state index is 12.8. The second-order valence-electron chi connectivity index (χ2n) is 5.71. The number of benzene rings is 1. The van der Waals surface area contributed by atoms with Crippen molar-refractivity contribution in [2.75, 3.05) is 19.5 Å². The predicted molar refractivity (Wildman–Crippen MR) is 95.3 cm³/mol. The zero-order valence-corrected chi connectivity index (χ0v) is 15.5. The van der Waals surface area contributed by atoms with Gasteiger partial charge in [0, 0.05) is 5.41 Å². The normalized spacial score (nSPS) is 11.2. The van der Waals surface area contributed by atoms with Crippen LogP contribution in [0.2, 0.25) is 0 Å². The number of rotatable bonds is 7. The Labute approximate surface area is 146 Å². The van der Waals surface area contributed by atoms with Gasteiger partial charge in [-0.25, -0.2) is 0 Å². The van der Waals surface area contributed by atoms with Crippen LogP contribution in [-0.4, -0.2) is 29.7 Å². The molecule has 0 saturated heterocycles. The van der Waals surface area contributed by atoms with E-state index in [0.29, 0.717) is 22.9 Å². The molecule has 1 N–H and O–H groups in total. The maximum Gasteiger partial charge on any atom is 0.264 e. The number of anilines is 1. The Morgan fingerprint density at radius 3 is 2.29 bits per heavy atom. The molecule has 1 aromatic carbocycles. The van der Waals surface area contributed by atoms with Crippen LogP contribution in [-0.2, 0) is 5.41 Å². The van der Waals surface area contributed by atoms with Gasteiger partial charge in [0.15, 0.2) is 5.82 Å². The molecule has 2 aromatic rings. The van der Waals surface area contributed by atoms with Crippen molar-refractivity contribution in [2.45, 2.75) is 39.0 Å². The summed E-state index contributed by atoms with van der Waals surface area (Å²) in [5, 5.41) is 6.98. The van der Waals surface area contributed by atoms with E-state index in [1.165, 1.54) is 25.8 Å². The molecule has 0 saturated carbocycles. The van der Waals surface area contributed by atoms with Crippen molar-refractivity contribution < 1.29 is 14.3 Å². The summed E-state index contributed by atoms with van der Waals surface area (Å²) in [4.78, 5) is 13.8. The van der Waals surface area contributed by atoms with Gasteiger partial charge in [0.05, 0.1) is 19.1 Å². The van der Waals surface area contributed by atoms with Crippen LogP contribution in [0, 0.1) is 0 Å². The second-order valence-corrected chi connectivity index (χ2v) is 6.46. The van der Waals surface area contributed by atoms with E-state index < -0.39 is 0 Å². The maximum atomic E-state index is 12.8. The molecular weight excluding hydrogens is 326 g/mol. The highest BCUT2D eigenvalue weighted by atomic mass is 32.1. The third-order valence-corrected chi connectivity index (χ3v) is 5.52. The van der Waals surface area contributed by atoms with E-state index in [4.69, 9.17) is 9.47 Å². The molecule has 1 amide bonds. The van der Waals surface area contributed by atoms with Crippen LogP contribution in [0.25, 0.3) is 0 Å². The fraction of sp³-hybridized carbons (Fsp3) is 0.471. The number of ether oxygens (including phenoxy) is 2. The Bertz CT molecular complexity index is 689. The minimum atomic E-state index is -0.326. The largest absolute Gasteiger partial charge is 0.496 e. The van der Waals surface area contributed by atoms with Gasteiger partial charge in [0.25, 0.3) is 5.91 Å². The molecule has 0 aliphatic heterocycles. The van der Waals surface area contributed by atoms with Crippen molar-refractivity contribution in [3.63, 3.8) is 0 Å². The van der Waals surface area contributed by atoms with Gasteiger partial charge >= 0.3 is 0 Å². The predicted octanol–water partition coefficient (Wildman–Crippen LogP) is 3.89. The van der Waals surface area contributed by atoms with Gasteiger partial charge in [0.2, 0.25) is 0 Å². The Morgan fingerprint density at radius 1 is 1.21 bits per heavy atom. The second kappa shape index (κ2) is 7.61. The monoisotopic (exact) mass is 349 g/mol. The molecule has 0 atom stereocenters. The van der Waals surface area contributed by atoms with E-state index in [2.05, 4.69) is 35.7 Å². The lowest BCUT2D eigenvalue weighted by Crippen LogP contribution is -2.22. The van der Waals surface area contributed by atoms with Crippen LogP contribution in [0.1, 0.15) is 48.8 Å². The van der Waals surface area contributed by atoms with E-state index in [0.717, 1.165) is 17.7 Å². The summed E-state index contributed by atoms with van der Waals surface area (Å²) in [5.41, 5.74) is 0.276. The van der Waals surface area contributed by atoms with Gasteiger partial charge in [-0.05, 0) is 36.5 Å². The van der Waals surface area contributed by atoms with Crippen molar-refractivity contribution in [1.29, 1.82) is 0 Å². The third kappa shape index (κ3) is 3.36. The smallest absolute Gasteiger partial charge is 0.264 e. The van der Waals surface area contributed by atoms with Crippen molar-refractivity contribution in [1.82, 2.24) is 9.59 Å². The number of hydrogen-bond acceptors (Lipinski definition) is 6. The van der Waals surface area contributed by atoms with Crippen LogP contribution < -0.4 is 14.8 Å². The first-order chi connectivity index (χ1) is 11.5. The van der Waals surface area contributed by atoms with Gasteiger partial charge in [-0.15, -0.1) is 5.10 Å². The van der Waals surface area contributed by atoms with E-state index in [1.807, 2.05) is 0 Å². The fourth-order valence-corrected chi connectivity index (χ4v) is 3.38. The summed E-state index contributed by atoms with van der Waals surface area (Å²) in [6.07, 6.45) is 1.88. The summed E-state index contributed by atoms with van der Waals surface area (Å²) in [6.45, 7) is 6.40. The summed E-state index contributed by atoms with van der Waals surface area (Å²) >= 11 is 1.32. The van der Waals surface area contributed by atoms with Crippen molar-refractivity contribution in [2.24, 2.45) is 0 Å². The van der Waals surface area contributed by atoms with E-state index >= 15 is 0 Å². The molecule has 1 heterocycles. The van der Waals surface area contributed by atoms with E-state index in [-0.39, 0.29) is 11.3 Å². The molecule has 6 nitrogen and oxygen atoms in total. The SMILES string of the molecule is CCC(C)(CC)c1snnc1NC(=O)c1c(OC)cccc1OC. The number of hydrogen-bond donors (Lipinski definition) is 1. The van der Waals surface area contributed by atoms with Gasteiger partial charge < -0.3 is 14.8 Å². The number of nitrogens with zero attached hydrogens (tertiary/aromatic N) is 2. The summed E-state index contributed by atoms with van der Waals surface area (Å²) in [5.74, 6) is 1.08. The molecule has 0 unspecified atom stereocenters. The van der Waals surface area contributed by atoms with Crippen LogP contribution in [0.4, 0.5) is 5.82 Å². The molecule has 0 aliphatic carbocycles. The summed E-state index contributed by atoms with van der Waals surface area (Å²) < 4.78 is 14.6. The topological polar surface area (TPSA) is 73.3 Å². The van der Waals surface area contributed by atoms with Crippen molar-refractivity contribution in [3.05, 3.63) is 28.6 Å². The number of carbonyl (C=O) groups is 1. The number of amides is 1. The Kier molecular flexibility index (Phi) is 5.77. The first-order valence-corrected chi connectivity index (χ1v) is 8.63. The van der Waals surface area contributed by atoms with Crippen molar-refractivity contribution >= 4 is 23.3 Å². The van der Waals surface area contributed by atoms with Crippen LogP contribution in [0.5, 0.6) is 11.5 Å². The van der Waals surface area contributed by atoms with E-state index in [9.17, 15) is 4.79 Å². The highest BCUT2D eigenvalue weighted by molar-refractivity contribution is 7.06. The first-order valence-electron chi connectivity index (χ1n) is 7.85. The van der Waals surface area contributed by atoms with Crippen LogP contribution in [0.3, 0.4) is 0 Å². The molecule has 1 aromatic heterocycles. The zero-order chi connectivity index (χ0) is 17.7. The van der Waals surface area contributed by atoms with Gasteiger partial charge in [0.1, 0.15) is 17.1 Å². The van der Waals surface area contributed by atoms with E-state index in [1.54, 1.807) is 18.2 Å². The van der Waals surface area contributed by atoms with Crippen molar-refractivity contribution in [3.8, 4) is 11.5 Å². The molecule has 0 aliphatic rings. The molecule has 0 fully saturated rings. The Morgan fingerprint density at radius 2 is 1.79 bits per heavy atom. The number of carbonyl (C=O) groups excluding carboxylic acids is 1. The average molecular weight is 349 g/mol. The fourth-order valence-electron chi connectivity index (χ4n) is 2.48. The lowest BCUT2D eigenvalue weighted by atomic mass is 9.83. The number of aromatic nitrogens is 2. The lowest BCUT2D eigenvalue weighted by Gasteiger charge is -2.25.